The van der Waals surface area contributed by atoms with Crippen LogP contribution in [0.4, 0.5) is 0 Å². The number of halogens is 1. The zero-order chi connectivity index (χ0) is 19.1. The Morgan fingerprint density at radius 3 is 2.43 bits per heavy atom. The highest BCUT2D eigenvalue weighted by Gasteiger charge is 2.18. The molecule has 0 saturated heterocycles. The number of likely N-dealkylation sites (N-methyl/N-ethyl adjacent to an activating group) is 1. The minimum atomic E-state index is -0.521. The second kappa shape index (κ2) is 10.6. The normalized spacial score (nSPS) is 11.5. The second-order valence-corrected chi connectivity index (χ2v) is 6.70. The van der Waals surface area contributed by atoms with Gasteiger partial charge in [-0.1, -0.05) is 65.8 Å². The topological polar surface area (TPSA) is 72.4 Å². The van der Waals surface area contributed by atoms with Gasteiger partial charge in [0, 0.05) is 31.6 Å². The van der Waals surface area contributed by atoms with Gasteiger partial charge in [0.15, 0.2) is 0 Å². The summed E-state index contributed by atoms with van der Waals surface area (Å²) in [7, 11) is 1.79. The number of hydrogen-bond acceptors (Lipinski definition) is 4. The van der Waals surface area contributed by atoms with Gasteiger partial charge in [0.1, 0.15) is 11.5 Å². The molecule has 2 aromatic carbocycles. The van der Waals surface area contributed by atoms with E-state index in [4.69, 9.17) is 10.3 Å². The summed E-state index contributed by atoms with van der Waals surface area (Å²) in [6, 6.07) is 21.2. The smallest absolute Gasteiger partial charge is 0.239 e. The molecule has 0 unspecified atom stereocenters. The van der Waals surface area contributed by atoms with Crippen LogP contribution in [0.3, 0.4) is 0 Å². The third-order valence-electron chi connectivity index (χ3n) is 4.54. The van der Waals surface area contributed by atoms with E-state index in [0.717, 1.165) is 35.4 Å². The van der Waals surface area contributed by atoms with E-state index in [2.05, 4.69) is 5.16 Å². The first-order valence-electron chi connectivity index (χ1n) is 9.19. The van der Waals surface area contributed by atoms with Gasteiger partial charge < -0.3 is 15.2 Å². The lowest BCUT2D eigenvalue weighted by molar-refractivity contribution is -0.131. The molecule has 0 saturated carbocycles. The maximum Gasteiger partial charge on any atom is 0.239 e. The van der Waals surface area contributed by atoms with Crippen molar-refractivity contribution in [2.75, 3.05) is 13.6 Å². The zero-order valence-electron chi connectivity index (χ0n) is 16.0. The van der Waals surface area contributed by atoms with Gasteiger partial charge >= 0.3 is 0 Å². The highest BCUT2D eigenvalue weighted by atomic mass is 35.5. The van der Waals surface area contributed by atoms with Crippen LogP contribution in [0, 0.1) is 0 Å². The number of carbonyl (C=O) groups excluding carboxylic acids is 1. The summed E-state index contributed by atoms with van der Waals surface area (Å²) in [5.41, 5.74) is 9.02. The largest absolute Gasteiger partial charge is 0.361 e. The number of rotatable bonds is 8. The molecule has 6 heteroatoms. The highest BCUT2D eigenvalue weighted by molar-refractivity contribution is 5.85. The van der Waals surface area contributed by atoms with Crippen LogP contribution in [0.1, 0.15) is 17.7 Å². The minimum Gasteiger partial charge on any atom is -0.361 e. The van der Waals surface area contributed by atoms with E-state index in [1.54, 1.807) is 11.9 Å². The van der Waals surface area contributed by atoms with Gasteiger partial charge in [-0.3, -0.25) is 4.79 Å². The molecule has 1 aromatic heterocycles. The van der Waals surface area contributed by atoms with Crippen molar-refractivity contribution in [1.82, 2.24) is 10.1 Å². The molecule has 3 rings (SSSR count). The van der Waals surface area contributed by atoms with E-state index in [0.29, 0.717) is 13.0 Å². The van der Waals surface area contributed by atoms with E-state index in [9.17, 15) is 4.79 Å². The molecule has 2 N–H and O–H groups in total. The third-order valence-corrected chi connectivity index (χ3v) is 4.54. The van der Waals surface area contributed by atoms with Crippen molar-refractivity contribution < 1.29 is 9.32 Å². The predicted molar refractivity (Wildman–Crippen MR) is 113 cm³/mol. The zero-order valence-corrected chi connectivity index (χ0v) is 16.8. The van der Waals surface area contributed by atoms with Crippen LogP contribution in [-0.2, 0) is 17.6 Å². The number of carbonyl (C=O) groups is 1. The summed E-state index contributed by atoms with van der Waals surface area (Å²) < 4.78 is 5.41. The monoisotopic (exact) mass is 399 g/mol. The lowest BCUT2D eigenvalue weighted by Crippen LogP contribution is -2.43. The Balaban J connectivity index is 0.00000280. The summed E-state index contributed by atoms with van der Waals surface area (Å²) in [6.07, 6.45) is 2.07. The maximum atomic E-state index is 12.4. The lowest BCUT2D eigenvalue weighted by atomic mass is 10.1. The minimum absolute atomic E-state index is 0. The first-order chi connectivity index (χ1) is 13.1. The maximum absolute atomic E-state index is 12.4. The van der Waals surface area contributed by atoms with Crippen molar-refractivity contribution in [1.29, 1.82) is 0 Å². The van der Waals surface area contributed by atoms with E-state index >= 15 is 0 Å². The van der Waals surface area contributed by atoms with Crippen molar-refractivity contribution in [3.63, 3.8) is 0 Å². The van der Waals surface area contributed by atoms with Gasteiger partial charge in [-0.05, 0) is 18.4 Å². The molecule has 28 heavy (non-hydrogen) atoms. The lowest BCUT2D eigenvalue weighted by Gasteiger charge is -2.21. The summed E-state index contributed by atoms with van der Waals surface area (Å²) >= 11 is 0. The molecule has 0 radical (unpaired) electrons. The van der Waals surface area contributed by atoms with Gasteiger partial charge in [-0.25, -0.2) is 0 Å². The Morgan fingerprint density at radius 1 is 1.11 bits per heavy atom. The number of aryl methyl sites for hydroxylation is 1. The van der Waals surface area contributed by atoms with Crippen molar-refractivity contribution in [2.45, 2.75) is 25.3 Å². The van der Waals surface area contributed by atoms with Crippen LogP contribution >= 0.6 is 12.4 Å². The second-order valence-electron chi connectivity index (χ2n) is 6.70. The fraction of sp³-hybridized carbons (Fsp3) is 0.273. The van der Waals surface area contributed by atoms with Gasteiger partial charge in [0.05, 0.1) is 6.04 Å². The van der Waals surface area contributed by atoms with Gasteiger partial charge in [0.25, 0.3) is 0 Å². The molecule has 1 atom stereocenters. The number of hydrogen-bond donors (Lipinski definition) is 1. The number of aromatic nitrogens is 1. The van der Waals surface area contributed by atoms with E-state index in [1.807, 2.05) is 66.7 Å². The van der Waals surface area contributed by atoms with Crippen LogP contribution in [0.25, 0.3) is 11.3 Å². The van der Waals surface area contributed by atoms with Crippen LogP contribution in [0.5, 0.6) is 0 Å². The molecular weight excluding hydrogens is 374 g/mol. The Labute approximate surface area is 171 Å². The van der Waals surface area contributed by atoms with Gasteiger partial charge in [-0.15, -0.1) is 12.4 Å². The number of benzene rings is 2. The quantitative estimate of drug-likeness (QED) is 0.626. The van der Waals surface area contributed by atoms with Crippen LogP contribution in [-0.4, -0.2) is 35.6 Å². The molecule has 0 aliphatic heterocycles. The molecule has 0 spiro atoms. The van der Waals surface area contributed by atoms with Crippen LogP contribution in [0.15, 0.2) is 71.3 Å². The average Bonchev–Trinajstić information content (AvgIpc) is 3.17. The first kappa shape index (κ1) is 21.7. The predicted octanol–water partition coefficient (Wildman–Crippen LogP) is 3.72. The molecule has 148 valence electrons. The van der Waals surface area contributed by atoms with E-state index in [1.165, 1.54) is 0 Å². The fourth-order valence-electron chi connectivity index (χ4n) is 3.01. The summed E-state index contributed by atoms with van der Waals surface area (Å²) in [5, 5.41) is 4.12. The molecule has 0 aliphatic rings. The molecule has 0 fully saturated rings. The Kier molecular flexibility index (Phi) is 8.23. The number of nitrogens with zero attached hydrogens (tertiary/aromatic N) is 2. The van der Waals surface area contributed by atoms with Crippen molar-refractivity contribution in [2.24, 2.45) is 5.73 Å². The Morgan fingerprint density at radius 2 is 1.75 bits per heavy atom. The Hall–Kier alpha value is -2.63. The summed E-state index contributed by atoms with van der Waals surface area (Å²) in [4.78, 5) is 14.1. The fourth-order valence-corrected chi connectivity index (χ4v) is 3.01. The van der Waals surface area contributed by atoms with Crippen LogP contribution in [0.2, 0.25) is 0 Å². The molecular formula is C22H26ClN3O2. The molecule has 0 bridgehead atoms. The molecule has 0 aliphatic carbocycles. The van der Waals surface area contributed by atoms with E-state index < -0.39 is 6.04 Å². The third kappa shape index (κ3) is 5.94. The SMILES string of the molecule is CN(CCCc1cc(-c2ccccc2)no1)C(=O)[C@@H](N)Cc1ccccc1.Cl. The standard InChI is InChI=1S/C22H25N3O2.ClH/c1-25(22(26)20(23)15-17-9-4-2-5-10-17)14-8-13-19-16-21(24-27-19)18-11-6-3-7-12-18;/h2-7,9-12,16,20H,8,13-15,23H2,1H3;1H/t20-;/m0./s1. The molecule has 3 aromatic rings. The number of nitrogens with two attached hydrogens (primary N) is 1. The molecule has 1 heterocycles. The van der Waals surface area contributed by atoms with Gasteiger partial charge in [-0.2, -0.15) is 0 Å². The Bertz CT molecular complexity index is 852. The number of amides is 1. The van der Waals surface area contributed by atoms with E-state index in [-0.39, 0.29) is 18.3 Å². The summed E-state index contributed by atoms with van der Waals surface area (Å²) in [5.74, 6) is 0.782. The van der Waals surface area contributed by atoms with Crippen molar-refractivity contribution in [3.05, 3.63) is 78.1 Å². The first-order valence-corrected chi connectivity index (χ1v) is 9.19. The van der Waals surface area contributed by atoms with Crippen LogP contribution < -0.4 is 5.73 Å². The van der Waals surface area contributed by atoms with Crippen molar-refractivity contribution in [3.8, 4) is 11.3 Å². The summed E-state index contributed by atoms with van der Waals surface area (Å²) in [6.45, 7) is 0.628. The average molecular weight is 400 g/mol. The highest BCUT2D eigenvalue weighted by Crippen LogP contribution is 2.19. The molecule has 5 nitrogen and oxygen atoms in total. The molecule has 1 amide bonds. The van der Waals surface area contributed by atoms with Gasteiger partial charge in [0.2, 0.25) is 5.91 Å². The van der Waals surface area contributed by atoms with Crippen molar-refractivity contribution >= 4 is 18.3 Å².